The van der Waals surface area contributed by atoms with Crippen molar-refractivity contribution in [3.05, 3.63) is 34.2 Å². The summed E-state index contributed by atoms with van der Waals surface area (Å²) in [6, 6.07) is 0. The van der Waals surface area contributed by atoms with Crippen LogP contribution >= 0.6 is 11.3 Å². The summed E-state index contributed by atoms with van der Waals surface area (Å²) in [7, 11) is 2.05. The van der Waals surface area contributed by atoms with Gasteiger partial charge in [-0.25, -0.2) is 9.97 Å². The van der Waals surface area contributed by atoms with Crippen LogP contribution in [0.1, 0.15) is 16.3 Å². The summed E-state index contributed by atoms with van der Waals surface area (Å²) >= 11 is 1.68. The van der Waals surface area contributed by atoms with Gasteiger partial charge in [-0.2, -0.15) is 0 Å². The third kappa shape index (κ3) is 3.21. The van der Waals surface area contributed by atoms with Crippen molar-refractivity contribution in [1.82, 2.24) is 19.9 Å². The molecular formula is C11H15N5S. The first kappa shape index (κ1) is 11.9. The van der Waals surface area contributed by atoms with E-state index in [9.17, 15) is 0 Å². The van der Waals surface area contributed by atoms with Crippen LogP contribution in [0.5, 0.6) is 0 Å². The number of nitrogens with zero attached hydrogens (tertiary/aromatic N) is 4. The maximum atomic E-state index is 5.49. The van der Waals surface area contributed by atoms with Crippen molar-refractivity contribution in [3.8, 4) is 0 Å². The SMILES string of the molecule is Cc1ncsc1CN(C)Cc1cnc(N)cn1. The van der Waals surface area contributed by atoms with Crippen LogP contribution in [0.25, 0.3) is 0 Å². The molecule has 5 nitrogen and oxygen atoms in total. The molecule has 2 aromatic heterocycles. The summed E-state index contributed by atoms with van der Waals surface area (Å²) in [5, 5.41) is 0. The summed E-state index contributed by atoms with van der Waals surface area (Å²) < 4.78 is 0. The lowest BCUT2D eigenvalue weighted by molar-refractivity contribution is 0.316. The predicted octanol–water partition coefficient (Wildman–Crippen LogP) is 1.46. The molecule has 0 atom stereocenters. The average molecular weight is 249 g/mol. The first-order chi connectivity index (χ1) is 8.15. The quantitative estimate of drug-likeness (QED) is 0.888. The van der Waals surface area contributed by atoms with Gasteiger partial charge in [-0.15, -0.1) is 11.3 Å². The molecule has 0 saturated carbocycles. The van der Waals surface area contributed by atoms with Crippen molar-refractivity contribution in [2.45, 2.75) is 20.0 Å². The van der Waals surface area contributed by atoms with E-state index in [0.29, 0.717) is 5.82 Å². The molecule has 0 aromatic carbocycles. The average Bonchev–Trinajstić information content (AvgIpc) is 2.68. The monoisotopic (exact) mass is 249 g/mol. The zero-order valence-electron chi connectivity index (χ0n) is 9.92. The Labute approximate surface area is 104 Å². The first-order valence-corrected chi connectivity index (χ1v) is 6.17. The van der Waals surface area contributed by atoms with Crippen LogP contribution in [-0.2, 0) is 13.1 Å². The number of aryl methyl sites for hydroxylation is 1. The summed E-state index contributed by atoms with van der Waals surface area (Å²) in [4.78, 5) is 16.0. The molecule has 0 aliphatic heterocycles. The Hall–Kier alpha value is -1.53. The van der Waals surface area contributed by atoms with Crippen molar-refractivity contribution in [1.29, 1.82) is 0 Å². The van der Waals surface area contributed by atoms with Crippen molar-refractivity contribution in [2.75, 3.05) is 12.8 Å². The van der Waals surface area contributed by atoms with Gasteiger partial charge in [0.15, 0.2) is 0 Å². The molecule has 2 rings (SSSR count). The van der Waals surface area contributed by atoms with Gasteiger partial charge in [-0.05, 0) is 14.0 Å². The highest BCUT2D eigenvalue weighted by Gasteiger charge is 2.07. The fourth-order valence-corrected chi connectivity index (χ4v) is 2.36. The Kier molecular flexibility index (Phi) is 3.65. The number of anilines is 1. The minimum Gasteiger partial charge on any atom is -0.382 e. The van der Waals surface area contributed by atoms with E-state index in [2.05, 4.69) is 26.9 Å². The molecule has 2 heterocycles. The number of aromatic nitrogens is 3. The summed E-state index contributed by atoms with van der Waals surface area (Å²) in [5.74, 6) is 0.453. The molecule has 0 amide bonds. The van der Waals surface area contributed by atoms with E-state index in [-0.39, 0.29) is 0 Å². The van der Waals surface area contributed by atoms with E-state index in [1.165, 1.54) is 4.88 Å². The fraction of sp³-hybridized carbons (Fsp3) is 0.364. The zero-order valence-corrected chi connectivity index (χ0v) is 10.7. The van der Waals surface area contributed by atoms with E-state index in [0.717, 1.165) is 24.5 Å². The third-order valence-electron chi connectivity index (χ3n) is 2.42. The Morgan fingerprint density at radius 1 is 1.24 bits per heavy atom. The molecule has 0 spiro atoms. The second-order valence-electron chi connectivity index (χ2n) is 3.97. The summed E-state index contributed by atoms with van der Waals surface area (Å²) in [5.41, 5.74) is 9.39. The van der Waals surface area contributed by atoms with Gasteiger partial charge in [0.2, 0.25) is 0 Å². The van der Waals surface area contributed by atoms with Crippen LogP contribution in [0.3, 0.4) is 0 Å². The van der Waals surface area contributed by atoms with Crippen LogP contribution in [0.2, 0.25) is 0 Å². The molecule has 2 aromatic rings. The number of nitrogens with two attached hydrogens (primary N) is 1. The van der Waals surface area contributed by atoms with Crippen molar-refractivity contribution in [3.63, 3.8) is 0 Å². The molecule has 6 heteroatoms. The molecule has 0 radical (unpaired) electrons. The lowest BCUT2D eigenvalue weighted by atomic mass is 10.3. The number of rotatable bonds is 4. The highest BCUT2D eigenvalue weighted by molar-refractivity contribution is 7.09. The second kappa shape index (κ2) is 5.20. The maximum absolute atomic E-state index is 5.49. The number of hydrogen-bond donors (Lipinski definition) is 1. The minimum absolute atomic E-state index is 0.453. The molecule has 0 aliphatic carbocycles. The molecule has 0 fully saturated rings. The summed E-state index contributed by atoms with van der Waals surface area (Å²) in [6.45, 7) is 3.66. The van der Waals surface area contributed by atoms with E-state index in [1.807, 2.05) is 12.4 Å². The molecule has 0 saturated heterocycles. The van der Waals surface area contributed by atoms with Gasteiger partial charge in [0, 0.05) is 18.0 Å². The minimum atomic E-state index is 0.453. The lowest BCUT2D eigenvalue weighted by Crippen LogP contribution is -2.18. The normalized spacial score (nSPS) is 11.0. The van der Waals surface area contributed by atoms with Crippen LogP contribution in [0, 0.1) is 6.92 Å². The van der Waals surface area contributed by atoms with E-state index >= 15 is 0 Å². The third-order valence-corrected chi connectivity index (χ3v) is 3.34. The van der Waals surface area contributed by atoms with Crippen molar-refractivity contribution in [2.24, 2.45) is 0 Å². The predicted molar refractivity (Wildman–Crippen MR) is 68.5 cm³/mol. The van der Waals surface area contributed by atoms with Gasteiger partial charge in [0.25, 0.3) is 0 Å². The highest BCUT2D eigenvalue weighted by Crippen LogP contribution is 2.15. The number of nitrogen functional groups attached to an aromatic ring is 1. The standard InChI is InChI=1S/C11H15N5S/c1-8-10(17-7-15-8)6-16(2)5-9-3-14-11(12)4-13-9/h3-4,7H,5-6H2,1-2H3,(H2,12,14). The van der Waals surface area contributed by atoms with Gasteiger partial charge < -0.3 is 5.73 Å². The highest BCUT2D eigenvalue weighted by atomic mass is 32.1. The molecular weight excluding hydrogens is 234 g/mol. The number of hydrogen-bond acceptors (Lipinski definition) is 6. The van der Waals surface area contributed by atoms with Crippen molar-refractivity contribution >= 4 is 17.2 Å². The second-order valence-corrected chi connectivity index (χ2v) is 4.91. The van der Waals surface area contributed by atoms with E-state index in [4.69, 9.17) is 5.73 Å². The summed E-state index contributed by atoms with van der Waals surface area (Å²) in [6.07, 6.45) is 3.30. The topological polar surface area (TPSA) is 67.9 Å². The van der Waals surface area contributed by atoms with Gasteiger partial charge in [-0.3, -0.25) is 9.88 Å². The molecule has 0 aliphatic rings. The maximum Gasteiger partial charge on any atom is 0.141 e. The van der Waals surface area contributed by atoms with Gasteiger partial charge in [0.1, 0.15) is 5.82 Å². The van der Waals surface area contributed by atoms with Crippen LogP contribution in [0.4, 0.5) is 5.82 Å². The largest absolute Gasteiger partial charge is 0.382 e. The van der Waals surface area contributed by atoms with Crippen LogP contribution in [0.15, 0.2) is 17.9 Å². The Bertz CT molecular complexity index is 479. The van der Waals surface area contributed by atoms with E-state index in [1.54, 1.807) is 23.7 Å². The Morgan fingerprint density at radius 2 is 2.06 bits per heavy atom. The zero-order chi connectivity index (χ0) is 12.3. The molecule has 0 unspecified atom stereocenters. The molecule has 17 heavy (non-hydrogen) atoms. The van der Waals surface area contributed by atoms with Gasteiger partial charge in [-0.1, -0.05) is 0 Å². The number of thiazole rings is 1. The Morgan fingerprint density at radius 3 is 2.65 bits per heavy atom. The fourth-order valence-electron chi connectivity index (χ4n) is 1.50. The smallest absolute Gasteiger partial charge is 0.141 e. The Balaban J connectivity index is 1.95. The van der Waals surface area contributed by atoms with Gasteiger partial charge in [0.05, 0.1) is 29.3 Å². The molecule has 90 valence electrons. The van der Waals surface area contributed by atoms with E-state index < -0.39 is 0 Å². The lowest BCUT2D eigenvalue weighted by Gasteiger charge is -2.15. The molecule has 0 bridgehead atoms. The molecule has 2 N–H and O–H groups in total. The van der Waals surface area contributed by atoms with Crippen molar-refractivity contribution < 1.29 is 0 Å². The van der Waals surface area contributed by atoms with Crippen LogP contribution < -0.4 is 5.73 Å². The van der Waals surface area contributed by atoms with Crippen LogP contribution in [-0.4, -0.2) is 26.9 Å². The first-order valence-electron chi connectivity index (χ1n) is 5.29. The van der Waals surface area contributed by atoms with Gasteiger partial charge >= 0.3 is 0 Å².